The molecule has 0 atom stereocenters. The molecule has 0 fully saturated rings. The van der Waals surface area contributed by atoms with Gasteiger partial charge in [-0.25, -0.2) is 0 Å². The lowest BCUT2D eigenvalue weighted by molar-refractivity contribution is 0.689. The second-order valence-electron chi connectivity index (χ2n) is 14.1. The number of rotatable bonds is 8. The van der Waals surface area contributed by atoms with Crippen molar-refractivity contribution in [3.05, 3.63) is 227 Å². The van der Waals surface area contributed by atoms with Crippen LogP contribution in [0.3, 0.4) is 0 Å². The maximum Gasteiger partial charge on any atom is 0.0717 e. The molecular formula is C51H41N3. The van der Waals surface area contributed by atoms with E-state index in [0.717, 1.165) is 46.6 Å². The van der Waals surface area contributed by atoms with Crippen LogP contribution >= 0.6 is 0 Å². The van der Waals surface area contributed by atoms with Gasteiger partial charge >= 0.3 is 0 Å². The Morgan fingerprint density at radius 2 is 1.41 bits per heavy atom. The Bertz CT molecular complexity index is 2530. The zero-order valence-electron chi connectivity index (χ0n) is 30.4. The maximum absolute atomic E-state index is 8.60. The van der Waals surface area contributed by atoms with Gasteiger partial charge in [-0.15, -0.1) is 0 Å². The quantitative estimate of drug-likeness (QED) is 0.123. The Hall–Kier alpha value is -6.71. The van der Waals surface area contributed by atoms with Crippen LogP contribution in [0.15, 0.2) is 188 Å². The van der Waals surface area contributed by atoms with Crippen LogP contribution in [0.2, 0.25) is 0 Å². The second-order valence-corrected chi connectivity index (χ2v) is 14.1. The minimum atomic E-state index is -0.485. The third-order valence-electron chi connectivity index (χ3n) is 11.2. The van der Waals surface area contributed by atoms with Gasteiger partial charge in [0.25, 0.3) is 0 Å². The average Bonchev–Trinajstić information content (AvgIpc) is 3.52. The summed E-state index contributed by atoms with van der Waals surface area (Å²) in [7, 11) is 0. The minimum absolute atomic E-state index is 0.485. The number of nitrogens with zero attached hydrogens (tertiary/aromatic N) is 1. The highest BCUT2D eigenvalue weighted by Gasteiger charge is 2.53. The van der Waals surface area contributed by atoms with Crippen molar-refractivity contribution in [2.24, 2.45) is 0 Å². The second kappa shape index (κ2) is 13.7. The van der Waals surface area contributed by atoms with Gasteiger partial charge in [0, 0.05) is 34.4 Å². The highest BCUT2D eigenvalue weighted by molar-refractivity contribution is 6.04. The van der Waals surface area contributed by atoms with Gasteiger partial charge in [-0.2, -0.15) is 0 Å². The van der Waals surface area contributed by atoms with Gasteiger partial charge in [-0.05, 0) is 112 Å². The molecule has 3 aliphatic rings. The van der Waals surface area contributed by atoms with Crippen molar-refractivity contribution >= 4 is 51.4 Å². The summed E-state index contributed by atoms with van der Waals surface area (Å²) in [5.41, 5.74) is 18.2. The van der Waals surface area contributed by atoms with Crippen molar-refractivity contribution in [1.29, 1.82) is 5.41 Å². The molecular weight excluding hydrogens is 655 g/mol. The number of anilines is 5. The molecule has 0 aromatic heterocycles. The van der Waals surface area contributed by atoms with Gasteiger partial charge in [0.2, 0.25) is 0 Å². The molecule has 1 spiro atoms. The molecule has 2 aliphatic carbocycles. The molecule has 1 heterocycles. The lowest BCUT2D eigenvalue weighted by Gasteiger charge is -2.46. The van der Waals surface area contributed by atoms with Crippen molar-refractivity contribution in [2.75, 3.05) is 10.2 Å². The van der Waals surface area contributed by atoms with Gasteiger partial charge in [0.05, 0.1) is 16.8 Å². The van der Waals surface area contributed by atoms with Crippen LogP contribution in [0.1, 0.15) is 58.7 Å². The molecule has 0 unspecified atom stereocenters. The van der Waals surface area contributed by atoms with E-state index in [-0.39, 0.29) is 0 Å². The van der Waals surface area contributed by atoms with Crippen molar-refractivity contribution < 1.29 is 0 Å². The molecule has 0 radical (unpaired) electrons. The number of benzene rings is 6. The van der Waals surface area contributed by atoms with Crippen molar-refractivity contribution in [1.82, 2.24) is 0 Å². The van der Waals surface area contributed by atoms with Gasteiger partial charge < -0.3 is 15.6 Å². The first-order valence-corrected chi connectivity index (χ1v) is 18.7. The molecule has 260 valence electrons. The summed E-state index contributed by atoms with van der Waals surface area (Å²) >= 11 is 0. The topological polar surface area (TPSA) is 39.1 Å². The highest BCUT2D eigenvalue weighted by Crippen LogP contribution is 2.65. The Morgan fingerprint density at radius 1 is 0.722 bits per heavy atom. The molecule has 0 saturated heterocycles. The Morgan fingerprint density at radius 3 is 2.17 bits per heavy atom. The first-order chi connectivity index (χ1) is 26.6. The molecule has 0 amide bonds. The van der Waals surface area contributed by atoms with E-state index >= 15 is 0 Å². The van der Waals surface area contributed by atoms with Gasteiger partial charge in [0.1, 0.15) is 0 Å². The minimum Gasteiger partial charge on any atom is -0.355 e. The van der Waals surface area contributed by atoms with E-state index in [1.54, 1.807) is 0 Å². The standard InChI is InChI=1S/C51H41N3/c1-3-4-6-17-35(2)41-23-9-12-27-47(41)53-39-20-15-18-36(32-39)37-30-31-43-42(33-37)50-38(34-52)19-16-26-46(50)51(43)44-24-10-13-28-48(44)54(40-21-7-5-8-22-40)49-29-14-11-25-45(49)51/h3-29,32-34,52-53H,2,30-31H2,1H3/b4-3-,17-6-,52-34?. The van der Waals surface area contributed by atoms with E-state index in [1.165, 1.54) is 62.1 Å². The first kappa shape index (κ1) is 33.1. The first-order valence-electron chi connectivity index (χ1n) is 18.7. The number of allylic oxidation sites excluding steroid dienone is 9. The maximum atomic E-state index is 8.60. The zero-order chi connectivity index (χ0) is 36.6. The fourth-order valence-electron chi connectivity index (χ4n) is 8.95. The predicted octanol–water partition coefficient (Wildman–Crippen LogP) is 13.3. The summed E-state index contributed by atoms with van der Waals surface area (Å²) in [5.74, 6) is 0. The van der Waals surface area contributed by atoms with E-state index in [0.29, 0.717) is 0 Å². The molecule has 6 aromatic carbocycles. The van der Waals surface area contributed by atoms with E-state index in [4.69, 9.17) is 5.41 Å². The van der Waals surface area contributed by atoms with E-state index < -0.39 is 5.41 Å². The van der Waals surface area contributed by atoms with E-state index in [2.05, 4.69) is 168 Å². The lowest BCUT2D eigenvalue weighted by Crippen LogP contribution is -2.37. The Labute approximate surface area is 318 Å². The van der Waals surface area contributed by atoms with Crippen LogP contribution in [0, 0.1) is 5.41 Å². The SMILES string of the molecule is C=C(/C=C\C=C/C)c1ccccc1Nc1cccc(C2=CC3=C(CC2)C2(c4ccccc4N(c4ccccc4)c4ccccc42)c2cccc(C=N)c23)c1. The molecule has 2 N–H and O–H groups in total. The van der Waals surface area contributed by atoms with Crippen molar-refractivity contribution in [3.8, 4) is 0 Å². The molecule has 0 saturated carbocycles. The Kier molecular flexibility index (Phi) is 8.40. The van der Waals surface area contributed by atoms with E-state index in [9.17, 15) is 0 Å². The summed E-state index contributed by atoms with van der Waals surface area (Å²) in [4.78, 5) is 2.42. The molecule has 54 heavy (non-hydrogen) atoms. The van der Waals surface area contributed by atoms with Gasteiger partial charge in [0.15, 0.2) is 0 Å². The summed E-state index contributed by atoms with van der Waals surface area (Å²) in [6.45, 7) is 6.36. The summed E-state index contributed by atoms with van der Waals surface area (Å²) in [6.07, 6.45) is 13.9. The van der Waals surface area contributed by atoms with Crippen molar-refractivity contribution in [3.63, 3.8) is 0 Å². The van der Waals surface area contributed by atoms with Gasteiger partial charge in [-0.3, -0.25) is 0 Å². The molecule has 3 nitrogen and oxygen atoms in total. The zero-order valence-corrected chi connectivity index (χ0v) is 30.4. The van der Waals surface area contributed by atoms with Crippen LogP contribution in [-0.2, 0) is 5.41 Å². The fraction of sp³-hybridized carbons (Fsp3) is 0.0784. The van der Waals surface area contributed by atoms with Crippen LogP contribution in [-0.4, -0.2) is 6.21 Å². The molecule has 6 aromatic rings. The number of nitrogens with one attached hydrogen (secondary N) is 2. The number of para-hydroxylation sites is 4. The molecule has 1 aliphatic heterocycles. The number of fused-ring (bicyclic) bond motifs is 8. The van der Waals surface area contributed by atoms with Crippen molar-refractivity contribution in [2.45, 2.75) is 25.2 Å². The van der Waals surface area contributed by atoms with E-state index in [1.807, 2.05) is 31.2 Å². The normalized spacial score (nSPS) is 15.1. The summed E-state index contributed by atoms with van der Waals surface area (Å²) < 4.78 is 0. The summed E-state index contributed by atoms with van der Waals surface area (Å²) in [5, 5.41) is 12.3. The van der Waals surface area contributed by atoms with Crippen LogP contribution in [0.4, 0.5) is 28.4 Å². The molecule has 3 heteroatoms. The van der Waals surface area contributed by atoms with Gasteiger partial charge in [-0.1, -0.05) is 140 Å². The Balaban J connectivity index is 1.19. The highest BCUT2D eigenvalue weighted by atomic mass is 15.2. The monoisotopic (exact) mass is 695 g/mol. The molecule has 9 rings (SSSR count). The third-order valence-corrected chi connectivity index (χ3v) is 11.2. The van der Waals surface area contributed by atoms with Crippen LogP contribution in [0.5, 0.6) is 0 Å². The smallest absolute Gasteiger partial charge is 0.0717 e. The number of hydrogen-bond donors (Lipinski definition) is 2. The average molecular weight is 696 g/mol. The third kappa shape index (κ3) is 5.23. The lowest BCUT2D eigenvalue weighted by atomic mass is 9.62. The fourth-order valence-corrected chi connectivity index (χ4v) is 8.95. The van der Waals surface area contributed by atoms with Crippen LogP contribution in [0.25, 0.3) is 16.7 Å². The molecule has 0 bridgehead atoms. The van der Waals surface area contributed by atoms with Crippen LogP contribution < -0.4 is 10.2 Å². The number of hydrogen-bond acceptors (Lipinski definition) is 3. The largest absolute Gasteiger partial charge is 0.355 e. The summed E-state index contributed by atoms with van der Waals surface area (Å²) in [6, 6.07) is 52.2. The predicted molar refractivity (Wildman–Crippen MR) is 229 cm³/mol.